The minimum absolute atomic E-state index is 0. The van der Waals surface area contributed by atoms with Gasteiger partial charge in [0, 0.05) is 37.8 Å². The van der Waals surface area contributed by atoms with Crippen molar-refractivity contribution < 1.29 is 22.3 Å². The third kappa shape index (κ3) is 5.00. The molecule has 0 unspecified atom stereocenters. The summed E-state index contributed by atoms with van der Waals surface area (Å²) in [6.45, 7) is 2.21. The van der Waals surface area contributed by atoms with E-state index in [4.69, 9.17) is 4.74 Å². The molecule has 1 aliphatic rings. The first kappa shape index (κ1) is 19.0. The molecule has 1 fully saturated rings. The number of methoxy groups -OCH3 is 1. The van der Waals surface area contributed by atoms with Crippen LogP contribution in [0.5, 0.6) is 5.75 Å². The lowest BCUT2D eigenvalue weighted by Crippen LogP contribution is -2.46. The molecule has 0 spiro atoms. The SMILES string of the molecule is COc1ccc(F)cc1[C@H](CC(F)(F)F)N1CCNCC1.Cl. The van der Waals surface area contributed by atoms with E-state index < -0.39 is 24.5 Å². The van der Waals surface area contributed by atoms with Crippen molar-refractivity contribution in [1.29, 1.82) is 0 Å². The fraction of sp³-hybridized carbons (Fsp3) is 0.571. The number of rotatable bonds is 4. The molecule has 0 bridgehead atoms. The summed E-state index contributed by atoms with van der Waals surface area (Å²) in [4.78, 5) is 1.72. The molecule has 8 heteroatoms. The maximum absolute atomic E-state index is 13.5. The molecule has 1 aromatic carbocycles. The van der Waals surface area contributed by atoms with Crippen molar-refractivity contribution in [2.75, 3.05) is 33.3 Å². The van der Waals surface area contributed by atoms with Crippen molar-refractivity contribution >= 4 is 12.4 Å². The van der Waals surface area contributed by atoms with E-state index in [1.807, 2.05) is 0 Å². The second kappa shape index (κ2) is 7.99. The average molecular weight is 343 g/mol. The van der Waals surface area contributed by atoms with Gasteiger partial charge in [-0.2, -0.15) is 13.2 Å². The van der Waals surface area contributed by atoms with Crippen molar-refractivity contribution in [3.63, 3.8) is 0 Å². The summed E-state index contributed by atoms with van der Waals surface area (Å²) in [5, 5.41) is 3.10. The van der Waals surface area contributed by atoms with E-state index in [1.165, 1.54) is 19.2 Å². The van der Waals surface area contributed by atoms with Crippen LogP contribution >= 0.6 is 12.4 Å². The third-order valence-electron chi connectivity index (χ3n) is 3.57. The Labute approximate surface area is 133 Å². The van der Waals surface area contributed by atoms with Crippen molar-refractivity contribution in [2.24, 2.45) is 0 Å². The number of ether oxygens (including phenoxy) is 1. The van der Waals surface area contributed by atoms with E-state index in [0.717, 1.165) is 6.07 Å². The number of piperazine rings is 1. The molecule has 1 aromatic rings. The highest BCUT2D eigenvalue weighted by atomic mass is 35.5. The lowest BCUT2D eigenvalue weighted by Gasteiger charge is -2.36. The monoisotopic (exact) mass is 342 g/mol. The van der Waals surface area contributed by atoms with Gasteiger partial charge in [0.1, 0.15) is 11.6 Å². The summed E-state index contributed by atoms with van der Waals surface area (Å²) in [6, 6.07) is 2.76. The molecule has 22 heavy (non-hydrogen) atoms. The summed E-state index contributed by atoms with van der Waals surface area (Å²) in [5.74, 6) is -0.280. The predicted molar refractivity (Wildman–Crippen MR) is 78.1 cm³/mol. The van der Waals surface area contributed by atoms with Gasteiger partial charge in [-0.3, -0.25) is 4.90 Å². The molecule has 126 valence electrons. The molecule has 0 radical (unpaired) electrons. The molecular weight excluding hydrogens is 324 g/mol. The number of nitrogens with one attached hydrogen (secondary N) is 1. The summed E-state index contributed by atoms with van der Waals surface area (Å²) in [7, 11) is 1.37. The van der Waals surface area contributed by atoms with Crippen LogP contribution in [0, 0.1) is 5.82 Å². The minimum Gasteiger partial charge on any atom is -0.496 e. The second-order valence-electron chi connectivity index (χ2n) is 5.01. The van der Waals surface area contributed by atoms with Crippen LogP contribution in [0.15, 0.2) is 18.2 Å². The number of hydrogen-bond acceptors (Lipinski definition) is 3. The van der Waals surface area contributed by atoms with Gasteiger partial charge in [-0.1, -0.05) is 0 Å². The standard InChI is InChI=1S/C14H18F4N2O.ClH/c1-21-13-3-2-10(15)8-11(13)12(9-14(16,17)18)20-6-4-19-5-7-20;/h2-3,8,12,19H,4-7,9H2,1H3;1H/t12-;/m0./s1. The van der Waals surface area contributed by atoms with Crippen LogP contribution in [0.1, 0.15) is 18.0 Å². The van der Waals surface area contributed by atoms with Gasteiger partial charge in [-0.25, -0.2) is 4.39 Å². The highest BCUT2D eigenvalue weighted by molar-refractivity contribution is 5.85. The molecule has 0 aromatic heterocycles. The highest BCUT2D eigenvalue weighted by Crippen LogP contribution is 2.38. The van der Waals surface area contributed by atoms with Crippen LogP contribution < -0.4 is 10.1 Å². The Kier molecular flexibility index (Phi) is 6.90. The zero-order valence-electron chi connectivity index (χ0n) is 12.1. The molecule has 3 nitrogen and oxygen atoms in total. The lowest BCUT2D eigenvalue weighted by atomic mass is 9.99. The Balaban J connectivity index is 0.00000242. The summed E-state index contributed by atoms with van der Waals surface area (Å²) in [5.41, 5.74) is 0.247. The average Bonchev–Trinajstić information content (AvgIpc) is 2.45. The first-order valence-electron chi connectivity index (χ1n) is 6.75. The van der Waals surface area contributed by atoms with Gasteiger partial charge >= 0.3 is 6.18 Å². The van der Waals surface area contributed by atoms with Gasteiger partial charge in [-0.15, -0.1) is 12.4 Å². The zero-order valence-corrected chi connectivity index (χ0v) is 12.9. The predicted octanol–water partition coefficient (Wildman–Crippen LogP) is 3.15. The molecule has 1 N–H and O–H groups in total. The Morgan fingerprint density at radius 2 is 1.91 bits per heavy atom. The number of halogens is 5. The molecule has 1 saturated heterocycles. The van der Waals surface area contributed by atoms with Crippen LogP contribution in [0.25, 0.3) is 0 Å². The van der Waals surface area contributed by atoms with Gasteiger partial charge < -0.3 is 10.1 Å². The molecule has 1 atom stereocenters. The number of hydrogen-bond donors (Lipinski definition) is 1. The fourth-order valence-electron chi connectivity index (χ4n) is 2.61. The van der Waals surface area contributed by atoms with Gasteiger partial charge in [0.05, 0.1) is 13.5 Å². The van der Waals surface area contributed by atoms with Crippen LogP contribution in [0.3, 0.4) is 0 Å². The maximum Gasteiger partial charge on any atom is 0.390 e. The van der Waals surface area contributed by atoms with E-state index in [9.17, 15) is 17.6 Å². The lowest BCUT2D eigenvalue weighted by molar-refractivity contribution is -0.148. The Morgan fingerprint density at radius 1 is 1.27 bits per heavy atom. The van der Waals surface area contributed by atoms with Crippen molar-refractivity contribution in [2.45, 2.75) is 18.6 Å². The maximum atomic E-state index is 13.5. The van der Waals surface area contributed by atoms with Gasteiger partial charge in [0.15, 0.2) is 0 Å². The van der Waals surface area contributed by atoms with Crippen molar-refractivity contribution in [1.82, 2.24) is 10.2 Å². The van der Waals surface area contributed by atoms with Crippen molar-refractivity contribution in [3.05, 3.63) is 29.6 Å². The molecule has 1 heterocycles. The van der Waals surface area contributed by atoms with E-state index in [1.54, 1.807) is 4.90 Å². The molecular formula is C14H19ClF4N2O. The van der Waals surface area contributed by atoms with Gasteiger partial charge in [0.2, 0.25) is 0 Å². The topological polar surface area (TPSA) is 24.5 Å². The minimum atomic E-state index is -4.33. The first-order chi connectivity index (χ1) is 9.90. The van der Waals surface area contributed by atoms with E-state index in [0.29, 0.717) is 26.2 Å². The van der Waals surface area contributed by atoms with Gasteiger partial charge in [-0.05, 0) is 18.2 Å². The molecule has 0 amide bonds. The Bertz CT molecular complexity index is 478. The van der Waals surface area contributed by atoms with Gasteiger partial charge in [0.25, 0.3) is 0 Å². The first-order valence-corrected chi connectivity index (χ1v) is 6.75. The van der Waals surface area contributed by atoms with E-state index in [-0.39, 0.29) is 23.7 Å². The zero-order chi connectivity index (χ0) is 15.5. The smallest absolute Gasteiger partial charge is 0.390 e. The molecule has 2 rings (SSSR count). The quantitative estimate of drug-likeness (QED) is 0.851. The second-order valence-corrected chi connectivity index (χ2v) is 5.01. The van der Waals surface area contributed by atoms with Crippen molar-refractivity contribution in [3.8, 4) is 5.75 Å². The Morgan fingerprint density at radius 3 is 2.45 bits per heavy atom. The fourth-order valence-corrected chi connectivity index (χ4v) is 2.61. The van der Waals surface area contributed by atoms with Crippen LogP contribution in [0.2, 0.25) is 0 Å². The van der Waals surface area contributed by atoms with E-state index in [2.05, 4.69) is 5.32 Å². The third-order valence-corrected chi connectivity index (χ3v) is 3.57. The number of benzene rings is 1. The molecule has 1 aliphatic heterocycles. The largest absolute Gasteiger partial charge is 0.496 e. The Hall–Kier alpha value is -1.05. The molecule has 0 aliphatic carbocycles. The summed E-state index contributed by atoms with van der Waals surface area (Å²) < 4.78 is 57.3. The van der Waals surface area contributed by atoms with Crippen LogP contribution in [-0.2, 0) is 0 Å². The van der Waals surface area contributed by atoms with Crippen LogP contribution in [0.4, 0.5) is 17.6 Å². The highest BCUT2D eigenvalue weighted by Gasteiger charge is 2.37. The summed E-state index contributed by atoms with van der Waals surface area (Å²) in [6.07, 6.45) is -5.35. The number of nitrogens with zero attached hydrogens (tertiary/aromatic N) is 1. The molecule has 0 saturated carbocycles. The normalized spacial score (nSPS) is 17.7. The number of alkyl halides is 3. The van der Waals surface area contributed by atoms with E-state index >= 15 is 0 Å². The van der Waals surface area contributed by atoms with Crippen LogP contribution in [-0.4, -0.2) is 44.4 Å². The summed E-state index contributed by atoms with van der Waals surface area (Å²) >= 11 is 0.